The summed E-state index contributed by atoms with van der Waals surface area (Å²) in [6.45, 7) is 3.67. The van der Waals surface area contributed by atoms with Gasteiger partial charge in [0.2, 0.25) is 18.5 Å². The predicted octanol–water partition coefficient (Wildman–Crippen LogP) is 3.41. The Labute approximate surface area is 146 Å². The Morgan fingerprint density at radius 1 is 1.00 bits per heavy atom. The average molecular weight is 337 g/mol. The summed E-state index contributed by atoms with van der Waals surface area (Å²) < 4.78 is 16.1. The summed E-state index contributed by atoms with van der Waals surface area (Å²) in [5.41, 5.74) is 3.31. The smallest absolute Gasteiger partial charge is 0.241 e. The van der Waals surface area contributed by atoms with Crippen molar-refractivity contribution in [3.63, 3.8) is 0 Å². The molecule has 6 heteroatoms. The van der Waals surface area contributed by atoms with E-state index in [-0.39, 0.29) is 0 Å². The molecule has 0 saturated carbocycles. The standard InChI is InChI=1S/C19H19N3O3/c1-13-3-6-15(7-4-13)19-20-18(25-21-19)11-22(2)10-14-5-8-16-17(9-14)24-12-23-16/h3-9H,10-12H2,1-2H3. The first-order valence-corrected chi connectivity index (χ1v) is 8.14. The van der Waals surface area contributed by atoms with E-state index >= 15 is 0 Å². The molecule has 0 aliphatic carbocycles. The molecule has 0 atom stereocenters. The van der Waals surface area contributed by atoms with Crippen LogP contribution < -0.4 is 9.47 Å². The van der Waals surface area contributed by atoms with Crippen LogP contribution in [0, 0.1) is 6.92 Å². The van der Waals surface area contributed by atoms with Crippen molar-refractivity contribution < 1.29 is 14.0 Å². The van der Waals surface area contributed by atoms with Crippen LogP contribution in [0.3, 0.4) is 0 Å². The summed E-state index contributed by atoms with van der Waals surface area (Å²) in [6, 6.07) is 14.1. The monoisotopic (exact) mass is 337 g/mol. The van der Waals surface area contributed by atoms with E-state index in [0.29, 0.717) is 25.1 Å². The van der Waals surface area contributed by atoms with Crippen molar-refractivity contribution in [1.82, 2.24) is 15.0 Å². The number of ether oxygens (including phenoxy) is 2. The molecule has 2 aromatic carbocycles. The average Bonchev–Trinajstić information content (AvgIpc) is 3.24. The number of benzene rings is 2. The van der Waals surface area contributed by atoms with E-state index < -0.39 is 0 Å². The zero-order valence-electron chi connectivity index (χ0n) is 14.2. The third-order valence-electron chi connectivity index (χ3n) is 4.07. The summed E-state index contributed by atoms with van der Waals surface area (Å²) in [7, 11) is 2.01. The Balaban J connectivity index is 1.41. The van der Waals surface area contributed by atoms with Crippen LogP contribution in [0.1, 0.15) is 17.0 Å². The van der Waals surface area contributed by atoms with E-state index in [1.807, 2.05) is 49.5 Å². The molecule has 0 amide bonds. The highest BCUT2D eigenvalue weighted by atomic mass is 16.7. The van der Waals surface area contributed by atoms with Crippen molar-refractivity contribution in [2.24, 2.45) is 0 Å². The second-order valence-electron chi connectivity index (χ2n) is 6.24. The van der Waals surface area contributed by atoms with Gasteiger partial charge in [-0.3, -0.25) is 4.90 Å². The van der Waals surface area contributed by atoms with Gasteiger partial charge in [0, 0.05) is 12.1 Å². The Hall–Kier alpha value is -2.86. The van der Waals surface area contributed by atoms with E-state index in [0.717, 1.165) is 29.2 Å². The quantitative estimate of drug-likeness (QED) is 0.711. The van der Waals surface area contributed by atoms with Crippen LogP contribution in [-0.4, -0.2) is 28.9 Å². The lowest BCUT2D eigenvalue weighted by Crippen LogP contribution is -2.17. The van der Waals surface area contributed by atoms with E-state index in [9.17, 15) is 0 Å². The molecule has 0 fully saturated rings. The fourth-order valence-corrected chi connectivity index (χ4v) is 2.78. The molecule has 25 heavy (non-hydrogen) atoms. The molecular formula is C19H19N3O3. The molecule has 128 valence electrons. The van der Waals surface area contributed by atoms with E-state index in [1.165, 1.54) is 5.56 Å². The molecule has 0 saturated heterocycles. The Kier molecular flexibility index (Phi) is 4.11. The summed E-state index contributed by atoms with van der Waals surface area (Å²) in [5, 5.41) is 4.07. The maximum absolute atomic E-state index is 5.42. The first-order valence-electron chi connectivity index (χ1n) is 8.14. The number of nitrogens with zero attached hydrogens (tertiary/aromatic N) is 3. The molecule has 1 aliphatic rings. The van der Waals surface area contributed by atoms with Gasteiger partial charge in [-0.05, 0) is 31.7 Å². The highest BCUT2D eigenvalue weighted by Crippen LogP contribution is 2.32. The molecule has 2 heterocycles. The summed E-state index contributed by atoms with van der Waals surface area (Å²) in [5.74, 6) is 2.81. The molecule has 4 rings (SSSR count). The van der Waals surface area contributed by atoms with Gasteiger partial charge in [0.05, 0.1) is 6.54 Å². The zero-order valence-corrected chi connectivity index (χ0v) is 14.2. The summed E-state index contributed by atoms with van der Waals surface area (Å²) in [6.07, 6.45) is 0. The van der Waals surface area contributed by atoms with Crippen LogP contribution in [-0.2, 0) is 13.1 Å². The van der Waals surface area contributed by atoms with Gasteiger partial charge in [-0.25, -0.2) is 0 Å². The van der Waals surface area contributed by atoms with Gasteiger partial charge < -0.3 is 14.0 Å². The largest absolute Gasteiger partial charge is 0.454 e. The Morgan fingerprint density at radius 3 is 2.64 bits per heavy atom. The highest BCUT2D eigenvalue weighted by molar-refractivity contribution is 5.54. The second-order valence-corrected chi connectivity index (χ2v) is 6.24. The molecule has 1 aromatic heterocycles. The van der Waals surface area contributed by atoms with Crippen LogP contribution in [0.2, 0.25) is 0 Å². The summed E-state index contributed by atoms with van der Waals surface area (Å²) in [4.78, 5) is 6.60. The number of aryl methyl sites for hydroxylation is 1. The third-order valence-corrected chi connectivity index (χ3v) is 4.07. The van der Waals surface area contributed by atoms with Crippen molar-refractivity contribution >= 4 is 0 Å². The molecule has 0 radical (unpaired) electrons. The van der Waals surface area contributed by atoms with Crippen molar-refractivity contribution in [3.05, 3.63) is 59.5 Å². The number of hydrogen-bond acceptors (Lipinski definition) is 6. The van der Waals surface area contributed by atoms with Crippen LogP contribution in [0.15, 0.2) is 47.0 Å². The minimum atomic E-state index is 0.290. The first kappa shape index (κ1) is 15.7. The van der Waals surface area contributed by atoms with Gasteiger partial charge >= 0.3 is 0 Å². The first-order chi connectivity index (χ1) is 12.2. The van der Waals surface area contributed by atoms with Gasteiger partial charge in [-0.1, -0.05) is 41.1 Å². The van der Waals surface area contributed by atoms with Crippen LogP contribution in [0.5, 0.6) is 11.5 Å². The normalized spacial score (nSPS) is 12.8. The SMILES string of the molecule is Cc1ccc(-c2noc(CN(C)Cc3ccc4c(c3)OCO4)n2)cc1. The van der Waals surface area contributed by atoms with Gasteiger partial charge in [-0.2, -0.15) is 4.98 Å². The maximum atomic E-state index is 5.42. The summed E-state index contributed by atoms with van der Waals surface area (Å²) >= 11 is 0. The topological polar surface area (TPSA) is 60.6 Å². The van der Waals surface area contributed by atoms with E-state index in [1.54, 1.807) is 0 Å². The minimum Gasteiger partial charge on any atom is -0.454 e. The Morgan fingerprint density at radius 2 is 1.80 bits per heavy atom. The molecule has 3 aromatic rings. The van der Waals surface area contributed by atoms with Crippen LogP contribution in [0.4, 0.5) is 0 Å². The van der Waals surface area contributed by atoms with Gasteiger partial charge in [0.1, 0.15) is 0 Å². The van der Waals surface area contributed by atoms with Crippen molar-refractivity contribution in [3.8, 4) is 22.9 Å². The highest BCUT2D eigenvalue weighted by Gasteiger charge is 2.15. The fourth-order valence-electron chi connectivity index (χ4n) is 2.78. The molecule has 0 N–H and O–H groups in total. The zero-order chi connectivity index (χ0) is 17.2. The van der Waals surface area contributed by atoms with Crippen LogP contribution in [0.25, 0.3) is 11.4 Å². The van der Waals surface area contributed by atoms with Crippen molar-refractivity contribution in [2.75, 3.05) is 13.8 Å². The molecule has 1 aliphatic heterocycles. The number of fused-ring (bicyclic) bond motifs is 1. The lowest BCUT2D eigenvalue weighted by Gasteiger charge is -2.14. The maximum Gasteiger partial charge on any atom is 0.241 e. The number of aromatic nitrogens is 2. The minimum absolute atomic E-state index is 0.290. The third kappa shape index (κ3) is 3.49. The van der Waals surface area contributed by atoms with Crippen molar-refractivity contribution in [2.45, 2.75) is 20.0 Å². The molecule has 0 spiro atoms. The molecular weight excluding hydrogens is 318 g/mol. The lowest BCUT2D eigenvalue weighted by atomic mass is 10.1. The Bertz CT molecular complexity index is 874. The van der Waals surface area contributed by atoms with E-state index in [4.69, 9.17) is 14.0 Å². The second kappa shape index (κ2) is 6.57. The van der Waals surface area contributed by atoms with E-state index in [2.05, 4.69) is 22.0 Å². The molecule has 0 unspecified atom stereocenters. The predicted molar refractivity (Wildman–Crippen MR) is 92.2 cm³/mol. The molecule has 6 nitrogen and oxygen atoms in total. The fraction of sp³-hybridized carbons (Fsp3) is 0.263. The number of rotatable bonds is 5. The van der Waals surface area contributed by atoms with Gasteiger partial charge in [0.15, 0.2) is 11.5 Å². The van der Waals surface area contributed by atoms with Gasteiger partial charge in [-0.15, -0.1) is 0 Å². The number of hydrogen-bond donors (Lipinski definition) is 0. The molecule has 0 bridgehead atoms. The lowest BCUT2D eigenvalue weighted by molar-refractivity contribution is 0.174. The van der Waals surface area contributed by atoms with Crippen LogP contribution >= 0.6 is 0 Å². The van der Waals surface area contributed by atoms with Crippen molar-refractivity contribution in [1.29, 1.82) is 0 Å². The van der Waals surface area contributed by atoms with Gasteiger partial charge in [0.25, 0.3) is 0 Å².